The number of benzene rings is 2. The molecular formula is C22H23N3O7S. The third-order valence-corrected chi connectivity index (χ3v) is 6.29. The van der Waals surface area contributed by atoms with Gasteiger partial charge in [-0.05, 0) is 57.2 Å². The smallest absolute Gasteiger partial charge is 0.424 e. The summed E-state index contributed by atoms with van der Waals surface area (Å²) in [5.74, 6) is 1.77. The van der Waals surface area contributed by atoms with E-state index < -0.39 is 21.7 Å². The normalized spacial score (nSPS) is 15.2. The Balaban J connectivity index is 1.59. The molecule has 174 valence electrons. The zero-order valence-corrected chi connectivity index (χ0v) is 19.4. The van der Waals surface area contributed by atoms with Gasteiger partial charge in [-0.15, -0.1) is 0 Å². The van der Waals surface area contributed by atoms with Gasteiger partial charge in [-0.1, -0.05) is 5.16 Å². The Hall–Kier alpha value is -3.60. The summed E-state index contributed by atoms with van der Waals surface area (Å²) >= 11 is 0. The van der Waals surface area contributed by atoms with Crippen LogP contribution in [0.4, 0.5) is 4.79 Å². The molecule has 0 saturated heterocycles. The van der Waals surface area contributed by atoms with E-state index in [2.05, 4.69) is 10.1 Å². The molecule has 0 bridgehead atoms. The van der Waals surface area contributed by atoms with Gasteiger partial charge >= 0.3 is 6.09 Å². The third kappa shape index (κ3) is 4.92. The molecule has 0 saturated carbocycles. The largest absolute Gasteiger partial charge is 0.490 e. The topological polar surface area (TPSA) is 121 Å². The summed E-state index contributed by atoms with van der Waals surface area (Å²) in [6.45, 7) is 6.53. The Morgan fingerprint density at radius 3 is 2.42 bits per heavy atom. The second kappa shape index (κ2) is 8.39. The first kappa shape index (κ1) is 22.6. The van der Waals surface area contributed by atoms with Crippen LogP contribution in [-0.4, -0.2) is 47.7 Å². The Labute approximate surface area is 191 Å². The van der Waals surface area contributed by atoms with Crippen molar-refractivity contribution in [2.24, 2.45) is 0 Å². The van der Waals surface area contributed by atoms with Crippen molar-refractivity contribution >= 4 is 16.1 Å². The molecule has 0 spiro atoms. The highest BCUT2D eigenvalue weighted by Crippen LogP contribution is 2.35. The van der Waals surface area contributed by atoms with Gasteiger partial charge in [0.15, 0.2) is 0 Å². The number of sulfonamides is 1. The van der Waals surface area contributed by atoms with Crippen molar-refractivity contribution in [2.45, 2.75) is 38.2 Å². The highest BCUT2D eigenvalue weighted by molar-refractivity contribution is 7.89. The quantitative estimate of drug-likeness (QED) is 0.552. The SMILES string of the molecule is Cc1nc(-c2ccc(Oc3ccc4c(c3)S(=O)(=O)N(C(=O)OC(C)(C)C)CCO4)cc2)no1. The molecule has 2 heterocycles. The van der Waals surface area contributed by atoms with Crippen LogP contribution in [0.15, 0.2) is 51.9 Å². The highest BCUT2D eigenvalue weighted by Gasteiger charge is 2.37. The summed E-state index contributed by atoms with van der Waals surface area (Å²) in [5.41, 5.74) is -0.106. The fourth-order valence-corrected chi connectivity index (χ4v) is 4.51. The first-order chi connectivity index (χ1) is 15.5. The first-order valence-electron chi connectivity index (χ1n) is 10.1. The molecule has 0 unspecified atom stereocenters. The maximum absolute atomic E-state index is 13.2. The van der Waals surface area contributed by atoms with Gasteiger partial charge in [-0.3, -0.25) is 0 Å². The maximum Gasteiger partial charge on any atom is 0.424 e. The van der Waals surface area contributed by atoms with E-state index in [1.165, 1.54) is 12.1 Å². The number of hydrogen-bond donors (Lipinski definition) is 0. The summed E-state index contributed by atoms with van der Waals surface area (Å²) in [7, 11) is -4.22. The van der Waals surface area contributed by atoms with E-state index in [0.29, 0.717) is 21.8 Å². The highest BCUT2D eigenvalue weighted by atomic mass is 32.2. The Morgan fingerprint density at radius 1 is 1.09 bits per heavy atom. The van der Waals surface area contributed by atoms with Crippen molar-refractivity contribution in [2.75, 3.05) is 13.2 Å². The van der Waals surface area contributed by atoms with Gasteiger partial charge in [-0.2, -0.15) is 9.29 Å². The standard InChI is InChI=1S/C22H23N3O7S/c1-14-23-20(24-32-14)15-5-7-16(8-6-15)30-17-9-10-18-19(13-17)33(27,28)25(11-12-29-18)21(26)31-22(2,3)4/h5-10,13H,11-12H2,1-4H3. The number of hydrogen-bond acceptors (Lipinski definition) is 9. The van der Waals surface area contributed by atoms with E-state index in [4.69, 9.17) is 18.7 Å². The molecule has 2 aromatic carbocycles. The molecular weight excluding hydrogens is 450 g/mol. The van der Waals surface area contributed by atoms with E-state index in [-0.39, 0.29) is 29.5 Å². The monoisotopic (exact) mass is 473 g/mol. The molecule has 10 nitrogen and oxygen atoms in total. The first-order valence-corrected chi connectivity index (χ1v) is 11.6. The average Bonchev–Trinajstić information content (AvgIpc) is 3.11. The average molecular weight is 474 g/mol. The molecule has 3 aromatic rings. The number of fused-ring (bicyclic) bond motifs is 1. The second-order valence-electron chi connectivity index (χ2n) is 8.28. The molecule has 0 fully saturated rings. The molecule has 0 aliphatic carbocycles. The lowest BCUT2D eigenvalue weighted by Crippen LogP contribution is -2.41. The molecule has 4 rings (SSSR count). The van der Waals surface area contributed by atoms with Crippen LogP contribution in [0.25, 0.3) is 11.4 Å². The molecule has 0 radical (unpaired) electrons. The summed E-state index contributed by atoms with van der Waals surface area (Å²) in [4.78, 5) is 16.5. The Bertz CT molecular complexity index is 1280. The summed E-state index contributed by atoms with van der Waals surface area (Å²) in [6, 6.07) is 11.3. The lowest BCUT2D eigenvalue weighted by molar-refractivity contribution is 0.0381. The molecule has 1 aliphatic heterocycles. The van der Waals surface area contributed by atoms with Crippen molar-refractivity contribution < 1.29 is 31.9 Å². The number of aromatic nitrogens is 2. The van der Waals surface area contributed by atoms with Gasteiger partial charge in [0.25, 0.3) is 10.0 Å². The van der Waals surface area contributed by atoms with Crippen LogP contribution in [0.5, 0.6) is 17.2 Å². The Kier molecular flexibility index (Phi) is 5.75. The van der Waals surface area contributed by atoms with Crippen LogP contribution < -0.4 is 9.47 Å². The van der Waals surface area contributed by atoms with Crippen molar-refractivity contribution in [3.63, 3.8) is 0 Å². The van der Waals surface area contributed by atoms with Crippen molar-refractivity contribution in [1.29, 1.82) is 0 Å². The number of aryl methyl sites for hydroxylation is 1. The number of ether oxygens (including phenoxy) is 3. The predicted molar refractivity (Wildman–Crippen MR) is 117 cm³/mol. The summed E-state index contributed by atoms with van der Waals surface area (Å²) in [6.07, 6.45) is -0.961. The van der Waals surface area contributed by atoms with Gasteiger partial charge in [-0.25, -0.2) is 13.2 Å². The summed E-state index contributed by atoms with van der Waals surface area (Å²) < 4.78 is 48.8. The summed E-state index contributed by atoms with van der Waals surface area (Å²) in [5, 5.41) is 3.87. The van der Waals surface area contributed by atoms with Crippen LogP contribution in [0, 0.1) is 6.92 Å². The molecule has 33 heavy (non-hydrogen) atoms. The fourth-order valence-electron chi connectivity index (χ4n) is 3.08. The molecule has 0 atom stereocenters. The molecule has 1 amide bonds. The number of rotatable bonds is 3. The fraction of sp³-hybridized carbons (Fsp3) is 0.318. The van der Waals surface area contributed by atoms with E-state index in [0.717, 1.165) is 5.56 Å². The van der Waals surface area contributed by atoms with Gasteiger partial charge in [0.2, 0.25) is 11.7 Å². The molecule has 11 heteroatoms. The number of carbonyl (C=O) groups excluding carboxylic acids is 1. The van der Waals surface area contributed by atoms with Gasteiger partial charge < -0.3 is 18.7 Å². The van der Waals surface area contributed by atoms with Crippen LogP contribution >= 0.6 is 0 Å². The predicted octanol–water partition coefficient (Wildman–Crippen LogP) is 4.16. The second-order valence-corrected chi connectivity index (χ2v) is 10.1. The Morgan fingerprint density at radius 2 is 1.79 bits per heavy atom. The van der Waals surface area contributed by atoms with Crippen LogP contribution in [0.3, 0.4) is 0 Å². The minimum absolute atomic E-state index is 0.00267. The van der Waals surface area contributed by atoms with Crippen LogP contribution in [0.1, 0.15) is 26.7 Å². The van der Waals surface area contributed by atoms with Crippen LogP contribution in [0.2, 0.25) is 0 Å². The number of nitrogens with zero attached hydrogens (tertiary/aromatic N) is 3. The van der Waals surface area contributed by atoms with Crippen LogP contribution in [-0.2, 0) is 14.8 Å². The molecule has 1 aliphatic rings. The van der Waals surface area contributed by atoms with E-state index in [1.54, 1.807) is 58.0 Å². The number of carbonyl (C=O) groups is 1. The number of amides is 1. The minimum Gasteiger partial charge on any atom is -0.490 e. The zero-order chi connectivity index (χ0) is 23.8. The van der Waals surface area contributed by atoms with E-state index in [9.17, 15) is 13.2 Å². The van der Waals surface area contributed by atoms with Crippen molar-refractivity contribution in [1.82, 2.24) is 14.4 Å². The molecule has 1 aromatic heterocycles. The van der Waals surface area contributed by atoms with Gasteiger partial charge in [0, 0.05) is 18.6 Å². The van der Waals surface area contributed by atoms with Crippen molar-refractivity contribution in [3.8, 4) is 28.6 Å². The lowest BCUT2D eigenvalue weighted by atomic mass is 10.2. The van der Waals surface area contributed by atoms with E-state index >= 15 is 0 Å². The molecule has 0 N–H and O–H groups in total. The third-order valence-electron chi connectivity index (χ3n) is 4.51. The lowest BCUT2D eigenvalue weighted by Gasteiger charge is -2.25. The van der Waals surface area contributed by atoms with E-state index in [1.807, 2.05) is 0 Å². The van der Waals surface area contributed by atoms with Gasteiger partial charge in [0.05, 0.1) is 6.54 Å². The maximum atomic E-state index is 13.2. The minimum atomic E-state index is -4.22. The van der Waals surface area contributed by atoms with Crippen molar-refractivity contribution in [3.05, 3.63) is 48.4 Å². The van der Waals surface area contributed by atoms with Gasteiger partial charge in [0.1, 0.15) is 34.4 Å². The zero-order valence-electron chi connectivity index (χ0n) is 18.6.